The van der Waals surface area contributed by atoms with Crippen molar-refractivity contribution < 1.29 is 9.47 Å². The molecule has 1 N–H and O–H groups in total. The molecule has 2 aromatic rings. The van der Waals surface area contributed by atoms with E-state index in [1.54, 1.807) is 13.3 Å². The Hall–Kier alpha value is -2.07. The van der Waals surface area contributed by atoms with Gasteiger partial charge in [0.25, 0.3) is 0 Å². The smallest absolute Gasteiger partial charge is 0.137 e. The molecule has 0 amide bonds. The zero-order valence-corrected chi connectivity index (χ0v) is 11.7. The highest BCUT2D eigenvalue weighted by Crippen LogP contribution is 2.41. The fourth-order valence-electron chi connectivity index (χ4n) is 2.78. The highest BCUT2D eigenvalue weighted by molar-refractivity contribution is 5.42. The lowest BCUT2D eigenvalue weighted by atomic mass is 9.89. The Kier molecular flexibility index (Phi) is 3.56. The van der Waals surface area contributed by atoms with E-state index in [1.807, 2.05) is 31.4 Å². The molecule has 2 heterocycles. The van der Waals surface area contributed by atoms with E-state index in [0.29, 0.717) is 6.61 Å². The summed E-state index contributed by atoms with van der Waals surface area (Å²) in [4.78, 5) is 4.25. The maximum atomic E-state index is 5.78. The number of nitrogens with zero attached hydrogens (tertiary/aromatic N) is 1. The van der Waals surface area contributed by atoms with Gasteiger partial charge in [-0.1, -0.05) is 18.2 Å². The van der Waals surface area contributed by atoms with Gasteiger partial charge in [-0.15, -0.1) is 0 Å². The third-order valence-corrected chi connectivity index (χ3v) is 3.78. The number of nitrogens with one attached hydrogen (secondary N) is 1. The van der Waals surface area contributed by atoms with Crippen LogP contribution >= 0.6 is 0 Å². The van der Waals surface area contributed by atoms with Crippen LogP contribution in [0.15, 0.2) is 42.7 Å². The van der Waals surface area contributed by atoms with Crippen molar-refractivity contribution in [2.45, 2.75) is 12.0 Å². The Morgan fingerprint density at radius 1 is 1.35 bits per heavy atom. The van der Waals surface area contributed by atoms with Crippen LogP contribution in [-0.2, 0) is 0 Å². The Morgan fingerprint density at radius 2 is 2.20 bits per heavy atom. The standard InChI is InChI=1S/C16H18N2O2/c1-17-16(11-7-12(19-2)9-18-8-11)14-10-20-15-6-4-3-5-13(14)15/h3-9,14,16-17H,10H2,1-2H3. The second-order valence-electron chi connectivity index (χ2n) is 4.88. The number of hydrogen-bond acceptors (Lipinski definition) is 4. The number of likely N-dealkylation sites (N-methyl/N-ethyl adjacent to an activating group) is 1. The molecule has 0 saturated heterocycles. The van der Waals surface area contributed by atoms with Gasteiger partial charge in [0.05, 0.1) is 19.9 Å². The fraction of sp³-hybridized carbons (Fsp3) is 0.312. The van der Waals surface area contributed by atoms with E-state index < -0.39 is 0 Å². The molecule has 2 unspecified atom stereocenters. The monoisotopic (exact) mass is 270 g/mol. The maximum Gasteiger partial charge on any atom is 0.137 e. The average Bonchev–Trinajstić information content (AvgIpc) is 2.93. The van der Waals surface area contributed by atoms with E-state index >= 15 is 0 Å². The van der Waals surface area contributed by atoms with E-state index in [2.05, 4.69) is 22.4 Å². The summed E-state index contributed by atoms with van der Waals surface area (Å²) < 4.78 is 11.0. The van der Waals surface area contributed by atoms with Crippen LogP contribution in [0.2, 0.25) is 0 Å². The van der Waals surface area contributed by atoms with Gasteiger partial charge in [-0.2, -0.15) is 0 Å². The van der Waals surface area contributed by atoms with Gasteiger partial charge in [0.15, 0.2) is 0 Å². The number of para-hydroxylation sites is 1. The van der Waals surface area contributed by atoms with Crippen LogP contribution in [0.4, 0.5) is 0 Å². The molecular weight excluding hydrogens is 252 g/mol. The first-order chi connectivity index (χ1) is 9.83. The van der Waals surface area contributed by atoms with Crippen molar-refractivity contribution in [3.05, 3.63) is 53.9 Å². The predicted octanol–water partition coefficient (Wildman–Crippen LogP) is 2.53. The van der Waals surface area contributed by atoms with Gasteiger partial charge in [0.2, 0.25) is 0 Å². The van der Waals surface area contributed by atoms with Gasteiger partial charge in [0, 0.05) is 23.7 Å². The molecule has 1 aromatic heterocycles. The summed E-state index contributed by atoms with van der Waals surface area (Å²) in [6.07, 6.45) is 3.60. The molecule has 0 fully saturated rings. The molecule has 1 aliphatic rings. The SMILES string of the molecule is CNC(c1cncc(OC)c1)C1COc2ccccc21. The van der Waals surface area contributed by atoms with Gasteiger partial charge < -0.3 is 14.8 Å². The van der Waals surface area contributed by atoms with Crippen LogP contribution in [0.25, 0.3) is 0 Å². The number of pyridine rings is 1. The average molecular weight is 270 g/mol. The molecule has 0 saturated carbocycles. The van der Waals surface area contributed by atoms with Crippen LogP contribution in [0.1, 0.15) is 23.1 Å². The van der Waals surface area contributed by atoms with E-state index in [0.717, 1.165) is 17.1 Å². The predicted molar refractivity (Wildman–Crippen MR) is 77.3 cm³/mol. The Morgan fingerprint density at radius 3 is 3.00 bits per heavy atom. The molecule has 1 aromatic carbocycles. The lowest BCUT2D eigenvalue weighted by Crippen LogP contribution is -2.25. The highest BCUT2D eigenvalue weighted by Gasteiger charge is 2.31. The molecule has 104 valence electrons. The van der Waals surface area contributed by atoms with Crippen molar-refractivity contribution in [3.8, 4) is 11.5 Å². The molecule has 0 spiro atoms. The number of fused-ring (bicyclic) bond motifs is 1. The first-order valence-electron chi connectivity index (χ1n) is 6.71. The number of methoxy groups -OCH3 is 1. The van der Waals surface area contributed by atoms with Gasteiger partial charge in [-0.05, 0) is 24.7 Å². The van der Waals surface area contributed by atoms with Crippen LogP contribution in [-0.4, -0.2) is 25.7 Å². The zero-order valence-electron chi connectivity index (χ0n) is 11.7. The molecule has 20 heavy (non-hydrogen) atoms. The maximum absolute atomic E-state index is 5.78. The van der Waals surface area contributed by atoms with Crippen LogP contribution in [0, 0.1) is 0 Å². The lowest BCUT2D eigenvalue weighted by Gasteiger charge is -2.22. The van der Waals surface area contributed by atoms with E-state index in [1.165, 1.54) is 5.56 Å². The molecular formula is C16H18N2O2. The number of benzene rings is 1. The Balaban J connectivity index is 1.95. The minimum absolute atomic E-state index is 0.154. The molecule has 1 aliphatic heterocycles. The van der Waals surface area contributed by atoms with Gasteiger partial charge in [-0.3, -0.25) is 4.98 Å². The first kappa shape index (κ1) is 12.9. The largest absolute Gasteiger partial charge is 0.495 e. The van der Waals surface area contributed by atoms with E-state index in [-0.39, 0.29) is 12.0 Å². The number of aromatic nitrogens is 1. The normalized spacial score (nSPS) is 18.2. The molecule has 3 rings (SSSR count). The van der Waals surface area contributed by atoms with E-state index in [9.17, 15) is 0 Å². The van der Waals surface area contributed by atoms with Gasteiger partial charge in [0.1, 0.15) is 11.5 Å². The van der Waals surface area contributed by atoms with E-state index in [4.69, 9.17) is 9.47 Å². The molecule has 0 aliphatic carbocycles. The van der Waals surface area contributed by atoms with Crippen LogP contribution in [0.5, 0.6) is 11.5 Å². The number of hydrogen-bond donors (Lipinski definition) is 1. The Bertz CT molecular complexity index is 601. The highest BCUT2D eigenvalue weighted by atomic mass is 16.5. The topological polar surface area (TPSA) is 43.4 Å². The van der Waals surface area contributed by atoms with Crippen molar-refractivity contribution in [2.24, 2.45) is 0 Å². The van der Waals surface area contributed by atoms with Gasteiger partial charge in [-0.25, -0.2) is 0 Å². The third kappa shape index (κ3) is 2.23. The zero-order chi connectivity index (χ0) is 13.9. The molecule has 0 bridgehead atoms. The number of rotatable bonds is 4. The van der Waals surface area contributed by atoms with Crippen LogP contribution < -0.4 is 14.8 Å². The van der Waals surface area contributed by atoms with Crippen LogP contribution in [0.3, 0.4) is 0 Å². The van der Waals surface area contributed by atoms with Crippen molar-refractivity contribution in [2.75, 3.05) is 20.8 Å². The summed E-state index contributed by atoms with van der Waals surface area (Å²) in [5, 5.41) is 3.38. The molecule has 2 atom stereocenters. The molecule has 0 radical (unpaired) electrons. The lowest BCUT2D eigenvalue weighted by molar-refractivity contribution is 0.304. The van der Waals surface area contributed by atoms with Crippen molar-refractivity contribution in [1.29, 1.82) is 0 Å². The fourth-order valence-corrected chi connectivity index (χ4v) is 2.78. The summed E-state index contributed by atoms with van der Waals surface area (Å²) in [7, 11) is 3.62. The summed E-state index contributed by atoms with van der Waals surface area (Å²) in [5.74, 6) is 2.04. The van der Waals surface area contributed by atoms with Gasteiger partial charge >= 0.3 is 0 Å². The number of ether oxygens (including phenoxy) is 2. The first-order valence-corrected chi connectivity index (χ1v) is 6.71. The summed E-state index contributed by atoms with van der Waals surface area (Å²) >= 11 is 0. The summed E-state index contributed by atoms with van der Waals surface area (Å²) in [5.41, 5.74) is 2.35. The third-order valence-electron chi connectivity index (χ3n) is 3.78. The summed E-state index contributed by atoms with van der Waals surface area (Å²) in [6, 6.07) is 10.4. The minimum Gasteiger partial charge on any atom is -0.495 e. The second-order valence-corrected chi connectivity index (χ2v) is 4.88. The van der Waals surface area contributed by atoms with Crippen molar-refractivity contribution >= 4 is 0 Å². The molecule has 4 nitrogen and oxygen atoms in total. The van der Waals surface area contributed by atoms with Crippen molar-refractivity contribution in [3.63, 3.8) is 0 Å². The quantitative estimate of drug-likeness (QED) is 0.927. The summed E-state index contributed by atoms with van der Waals surface area (Å²) in [6.45, 7) is 0.683. The second kappa shape index (κ2) is 5.51. The molecule has 4 heteroatoms. The Labute approximate surface area is 118 Å². The van der Waals surface area contributed by atoms with Crippen molar-refractivity contribution in [1.82, 2.24) is 10.3 Å². The minimum atomic E-state index is 0.154.